The van der Waals surface area contributed by atoms with Gasteiger partial charge in [-0.05, 0) is 42.9 Å². The van der Waals surface area contributed by atoms with Crippen molar-refractivity contribution in [3.63, 3.8) is 0 Å². The van der Waals surface area contributed by atoms with Crippen molar-refractivity contribution in [3.8, 4) is 0 Å². The van der Waals surface area contributed by atoms with Crippen molar-refractivity contribution >= 4 is 15.9 Å². The van der Waals surface area contributed by atoms with E-state index in [4.69, 9.17) is 0 Å². The second kappa shape index (κ2) is 4.13. The maximum atomic E-state index is 9.28. The van der Waals surface area contributed by atoms with Crippen LogP contribution in [0.2, 0.25) is 0 Å². The molecule has 0 saturated heterocycles. The molecule has 0 aromatic heterocycles. The average molecular weight is 282 g/mol. The first-order valence-electron chi connectivity index (χ1n) is 5.95. The second-order valence-electron chi connectivity index (χ2n) is 4.89. The highest BCUT2D eigenvalue weighted by Gasteiger charge is 2.32. The topological polar surface area (TPSA) is 32.3 Å². The van der Waals surface area contributed by atoms with Crippen LogP contribution in [-0.4, -0.2) is 17.3 Å². The zero-order valence-electron chi connectivity index (χ0n) is 9.12. The molecular formula is C13H16BrNO. The third-order valence-electron chi connectivity index (χ3n) is 3.76. The Hall–Kier alpha value is -0.380. The third kappa shape index (κ3) is 1.81. The molecule has 0 spiro atoms. The summed E-state index contributed by atoms with van der Waals surface area (Å²) in [5.74, 6) is 0. The van der Waals surface area contributed by atoms with Gasteiger partial charge in [-0.15, -0.1) is 0 Å². The number of rotatable bonds is 2. The summed E-state index contributed by atoms with van der Waals surface area (Å²) in [6.07, 6.45) is 4.11. The fraction of sp³-hybridized carbons (Fsp3) is 0.538. The molecule has 2 aliphatic rings. The maximum absolute atomic E-state index is 9.28. The van der Waals surface area contributed by atoms with E-state index in [0.717, 1.165) is 19.3 Å². The predicted molar refractivity (Wildman–Crippen MR) is 67.4 cm³/mol. The molecule has 0 bridgehead atoms. The van der Waals surface area contributed by atoms with E-state index in [0.29, 0.717) is 12.1 Å². The Kier molecular flexibility index (Phi) is 2.78. The SMILES string of the molecule is OC1CC(NC2CCc3c(Br)cccc32)C1. The number of fused-ring (bicyclic) bond motifs is 1. The Labute approximate surface area is 104 Å². The van der Waals surface area contributed by atoms with E-state index in [1.54, 1.807) is 0 Å². The van der Waals surface area contributed by atoms with Gasteiger partial charge < -0.3 is 10.4 Å². The number of benzene rings is 1. The molecule has 0 amide bonds. The van der Waals surface area contributed by atoms with Gasteiger partial charge in [-0.1, -0.05) is 28.1 Å². The van der Waals surface area contributed by atoms with Gasteiger partial charge in [0.05, 0.1) is 6.10 Å². The molecule has 0 heterocycles. The van der Waals surface area contributed by atoms with Crippen LogP contribution in [0, 0.1) is 0 Å². The monoisotopic (exact) mass is 281 g/mol. The maximum Gasteiger partial charge on any atom is 0.0570 e. The molecule has 1 atom stereocenters. The lowest BCUT2D eigenvalue weighted by atomic mass is 9.88. The minimum Gasteiger partial charge on any atom is -0.393 e. The number of hydrogen-bond acceptors (Lipinski definition) is 2. The third-order valence-corrected chi connectivity index (χ3v) is 4.51. The van der Waals surface area contributed by atoms with Crippen molar-refractivity contribution in [2.75, 3.05) is 0 Å². The molecule has 1 aromatic rings. The summed E-state index contributed by atoms with van der Waals surface area (Å²) in [6.45, 7) is 0. The Balaban J connectivity index is 1.74. The van der Waals surface area contributed by atoms with Gasteiger partial charge in [0.1, 0.15) is 0 Å². The molecule has 86 valence electrons. The number of halogens is 1. The van der Waals surface area contributed by atoms with Gasteiger partial charge in [0, 0.05) is 16.6 Å². The van der Waals surface area contributed by atoms with Crippen molar-refractivity contribution in [2.45, 2.75) is 43.9 Å². The van der Waals surface area contributed by atoms with E-state index in [9.17, 15) is 5.11 Å². The summed E-state index contributed by atoms with van der Waals surface area (Å²) in [5, 5.41) is 12.9. The summed E-state index contributed by atoms with van der Waals surface area (Å²) >= 11 is 3.61. The summed E-state index contributed by atoms with van der Waals surface area (Å²) in [5.41, 5.74) is 2.90. The van der Waals surface area contributed by atoms with Crippen LogP contribution in [0.5, 0.6) is 0 Å². The fourth-order valence-electron chi connectivity index (χ4n) is 2.79. The molecule has 3 rings (SSSR count). The molecule has 0 radical (unpaired) electrons. The lowest BCUT2D eigenvalue weighted by Crippen LogP contribution is -2.45. The Bertz CT molecular complexity index is 401. The van der Waals surface area contributed by atoms with Gasteiger partial charge in [0.2, 0.25) is 0 Å². The zero-order chi connectivity index (χ0) is 11.1. The van der Waals surface area contributed by atoms with Crippen molar-refractivity contribution < 1.29 is 5.11 Å². The molecule has 0 aliphatic heterocycles. The first-order valence-corrected chi connectivity index (χ1v) is 6.75. The van der Waals surface area contributed by atoms with E-state index in [1.165, 1.54) is 22.0 Å². The minimum absolute atomic E-state index is 0.0686. The second-order valence-corrected chi connectivity index (χ2v) is 5.74. The van der Waals surface area contributed by atoms with Gasteiger partial charge in [-0.3, -0.25) is 0 Å². The summed E-state index contributed by atoms with van der Waals surface area (Å²) in [6, 6.07) is 7.46. The van der Waals surface area contributed by atoms with Crippen molar-refractivity contribution in [2.24, 2.45) is 0 Å². The van der Waals surface area contributed by atoms with E-state index in [-0.39, 0.29) is 6.10 Å². The van der Waals surface area contributed by atoms with Crippen LogP contribution in [0.3, 0.4) is 0 Å². The number of nitrogens with one attached hydrogen (secondary N) is 1. The quantitative estimate of drug-likeness (QED) is 0.873. The van der Waals surface area contributed by atoms with Crippen LogP contribution in [0.25, 0.3) is 0 Å². The van der Waals surface area contributed by atoms with Crippen molar-refractivity contribution in [3.05, 3.63) is 33.8 Å². The van der Waals surface area contributed by atoms with Gasteiger partial charge in [0.15, 0.2) is 0 Å². The normalized spacial score (nSPS) is 32.2. The van der Waals surface area contributed by atoms with E-state index >= 15 is 0 Å². The molecule has 2 nitrogen and oxygen atoms in total. The number of aliphatic hydroxyl groups excluding tert-OH is 1. The van der Waals surface area contributed by atoms with Gasteiger partial charge in [0.25, 0.3) is 0 Å². The van der Waals surface area contributed by atoms with Crippen LogP contribution >= 0.6 is 15.9 Å². The molecule has 16 heavy (non-hydrogen) atoms. The van der Waals surface area contributed by atoms with Crippen molar-refractivity contribution in [1.29, 1.82) is 0 Å². The van der Waals surface area contributed by atoms with Crippen LogP contribution in [-0.2, 0) is 6.42 Å². The smallest absolute Gasteiger partial charge is 0.0570 e. The number of aliphatic hydroxyl groups is 1. The molecule has 1 fully saturated rings. The largest absolute Gasteiger partial charge is 0.393 e. The van der Waals surface area contributed by atoms with Crippen LogP contribution in [0.1, 0.15) is 36.4 Å². The molecule has 1 saturated carbocycles. The summed E-state index contributed by atoms with van der Waals surface area (Å²) in [7, 11) is 0. The molecule has 1 aromatic carbocycles. The summed E-state index contributed by atoms with van der Waals surface area (Å²) in [4.78, 5) is 0. The zero-order valence-corrected chi connectivity index (χ0v) is 10.7. The first-order chi connectivity index (χ1) is 7.74. The lowest BCUT2D eigenvalue weighted by molar-refractivity contribution is 0.0577. The fourth-order valence-corrected chi connectivity index (χ4v) is 3.37. The van der Waals surface area contributed by atoms with Crippen LogP contribution in [0.4, 0.5) is 0 Å². The first kappa shape index (κ1) is 10.8. The Morgan fingerprint density at radius 1 is 1.31 bits per heavy atom. The van der Waals surface area contributed by atoms with E-state index < -0.39 is 0 Å². The van der Waals surface area contributed by atoms with Crippen LogP contribution < -0.4 is 5.32 Å². The standard InChI is InChI=1S/C13H16BrNO/c14-12-3-1-2-11-10(12)4-5-13(11)15-8-6-9(16)7-8/h1-3,8-9,13,15-16H,4-7H2. The summed E-state index contributed by atoms with van der Waals surface area (Å²) < 4.78 is 1.24. The predicted octanol–water partition coefficient (Wildman–Crippen LogP) is 2.55. The van der Waals surface area contributed by atoms with Crippen LogP contribution in [0.15, 0.2) is 22.7 Å². The molecule has 2 aliphatic carbocycles. The van der Waals surface area contributed by atoms with E-state index in [1.807, 2.05) is 0 Å². The van der Waals surface area contributed by atoms with Gasteiger partial charge >= 0.3 is 0 Å². The average Bonchev–Trinajstić information content (AvgIpc) is 2.61. The van der Waals surface area contributed by atoms with E-state index in [2.05, 4.69) is 39.4 Å². The van der Waals surface area contributed by atoms with Gasteiger partial charge in [-0.2, -0.15) is 0 Å². The Morgan fingerprint density at radius 2 is 2.12 bits per heavy atom. The molecular weight excluding hydrogens is 266 g/mol. The van der Waals surface area contributed by atoms with Gasteiger partial charge in [-0.25, -0.2) is 0 Å². The Morgan fingerprint density at radius 3 is 2.88 bits per heavy atom. The molecule has 1 unspecified atom stereocenters. The highest BCUT2D eigenvalue weighted by molar-refractivity contribution is 9.10. The highest BCUT2D eigenvalue weighted by Crippen LogP contribution is 2.37. The highest BCUT2D eigenvalue weighted by atomic mass is 79.9. The molecule has 2 N–H and O–H groups in total. The molecule has 3 heteroatoms. The van der Waals surface area contributed by atoms with Crippen molar-refractivity contribution in [1.82, 2.24) is 5.32 Å². The lowest BCUT2D eigenvalue weighted by Gasteiger charge is -2.34. The minimum atomic E-state index is -0.0686. The number of hydrogen-bond donors (Lipinski definition) is 2.